The second-order valence-corrected chi connectivity index (χ2v) is 4.26. The Labute approximate surface area is 90.9 Å². The lowest BCUT2D eigenvalue weighted by molar-refractivity contribution is 0.0807. The number of hydrogen-bond donors (Lipinski definition) is 1. The molecule has 0 spiro atoms. The molecule has 0 fully saturated rings. The van der Waals surface area contributed by atoms with Crippen LogP contribution in [0.25, 0.3) is 0 Å². The number of carbonyl (C=O) groups excluding carboxylic acids is 1. The summed E-state index contributed by atoms with van der Waals surface area (Å²) < 4.78 is 0. The lowest BCUT2D eigenvalue weighted by Gasteiger charge is -2.16. The molecule has 1 atom stereocenters. The molecule has 0 aliphatic carbocycles. The molecular formula is C13H18O2. The first-order valence-electron chi connectivity index (χ1n) is 5.28. The van der Waals surface area contributed by atoms with Crippen LogP contribution in [0.4, 0.5) is 0 Å². The summed E-state index contributed by atoms with van der Waals surface area (Å²) in [5, 5.41) is 9.16. The van der Waals surface area contributed by atoms with Gasteiger partial charge in [0.15, 0.2) is 5.78 Å². The van der Waals surface area contributed by atoms with E-state index in [0.717, 1.165) is 5.56 Å². The van der Waals surface area contributed by atoms with Crippen molar-refractivity contribution >= 4 is 5.78 Å². The maximum absolute atomic E-state index is 12.0. The third-order valence-electron chi connectivity index (χ3n) is 2.67. The Morgan fingerprint density at radius 1 is 1.27 bits per heavy atom. The number of benzene rings is 1. The standard InChI is InChI=1S/C13H18O2/c1-9(2)12(8-14)13(15)11-6-4-10(3)5-7-11/h4-7,9,12,14H,8H2,1-3H3. The van der Waals surface area contributed by atoms with Crippen LogP contribution in [0, 0.1) is 18.8 Å². The summed E-state index contributed by atoms with van der Waals surface area (Å²) in [6.45, 7) is 5.81. The van der Waals surface area contributed by atoms with Gasteiger partial charge in [-0.15, -0.1) is 0 Å². The van der Waals surface area contributed by atoms with Gasteiger partial charge in [-0.25, -0.2) is 0 Å². The van der Waals surface area contributed by atoms with E-state index in [1.165, 1.54) is 0 Å². The lowest BCUT2D eigenvalue weighted by atomic mass is 9.88. The molecule has 2 heteroatoms. The second kappa shape index (κ2) is 5.08. The normalized spacial score (nSPS) is 12.9. The van der Waals surface area contributed by atoms with Crippen LogP contribution >= 0.6 is 0 Å². The fraction of sp³-hybridized carbons (Fsp3) is 0.462. The van der Waals surface area contributed by atoms with Crippen LogP contribution in [-0.4, -0.2) is 17.5 Å². The molecule has 0 saturated heterocycles. The fourth-order valence-corrected chi connectivity index (χ4v) is 1.53. The van der Waals surface area contributed by atoms with E-state index in [0.29, 0.717) is 5.56 Å². The molecule has 1 N–H and O–H groups in total. The summed E-state index contributed by atoms with van der Waals surface area (Å²) in [6, 6.07) is 7.48. The Morgan fingerprint density at radius 2 is 1.80 bits per heavy atom. The molecular weight excluding hydrogens is 188 g/mol. The summed E-state index contributed by atoms with van der Waals surface area (Å²) >= 11 is 0. The van der Waals surface area contributed by atoms with Crippen LogP contribution in [0.5, 0.6) is 0 Å². The Balaban J connectivity index is 2.88. The van der Waals surface area contributed by atoms with Crippen LogP contribution in [-0.2, 0) is 0 Å². The minimum Gasteiger partial charge on any atom is -0.396 e. The molecule has 0 radical (unpaired) electrons. The first-order chi connectivity index (χ1) is 7.06. The van der Waals surface area contributed by atoms with Gasteiger partial charge in [-0.3, -0.25) is 4.79 Å². The molecule has 1 aromatic rings. The van der Waals surface area contributed by atoms with E-state index < -0.39 is 0 Å². The Morgan fingerprint density at radius 3 is 2.20 bits per heavy atom. The number of Topliss-reactive ketones (excluding diaryl/α,β-unsaturated/α-hetero) is 1. The summed E-state index contributed by atoms with van der Waals surface area (Å²) in [5.74, 6) is -0.0796. The SMILES string of the molecule is Cc1ccc(C(=O)C(CO)C(C)C)cc1. The largest absolute Gasteiger partial charge is 0.396 e. The van der Waals surface area contributed by atoms with Crippen LogP contribution < -0.4 is 0 Å². The number of ketones is 1. The first-order valence-corrected chi connectivity index (χ1v) is 5.28. The van der Waals surface area contributed by atoms with Crippen LogP contribution in [0.2, 0.25) is 0 Å². The smallest absolute Gasteiger partial charge is 0.168 e. The van der Waals surface area contributed by atoms with Gasteiger partial charge < -0.3 is 5.11 Å². The van der Waals surface area contributed by atoms with Gasteiger partial charge in [0.1, 0.15) is 0 Å². The van der Waals surface area contributed by atoms with Crippen molar-refractivity contribution in [3.8, 4) is 0 Å². The number of rotatable bonds is 4. The molecule has 1 unspecified atom stereocenters. The van der Waals surface area contributed by atoms with Crippen molar-refractivity contribution in [2.45, 2.75) is 20.8 Å². The van der Waals surface area contributed by atoms with Crippen LogP contribution in [0.3, 0.4) is 0 Å². The van der Waals surface area contributed by atoms with Crippen molar-refractivity contribution < 1.29 is 9.90 Å². The van der Waals surface area contributed by atoms with E-state index in [1.54, 1.807) is 0 Å². The number of hydrogen-bond acceptors (Lipinski definition) is 2. The van der Waals surface area contributed by atoms with E-state index in [9.17, 15) is 4.79 Å². The predicted molar refractivity (Wildman–Crippen MR) is 60.9 cm³/mol. The third kappa shape index (κ3) is 2.90. The van der Waals surface area contributed by atoms with Crippen LogP contribution in [0.1, 0.15) is 29.8 Å². The van der Waals surface area contributed by atoms with Gasteiger partial charge in [0.05, 0.1) is 6.61 Å². The van der Waals surface area contributed by atoms with E-state index in [4.69, 9.17) is 5.11 Å². The van der Waals surface area contributed by atoms with Crippen molar-refractivity contribution in [1.29, 1.82) is 0 Å². The van der Waals surface area contributed by atoms with E-state index in [2.05, 4.69) is 0 Å². The highest BCUT2D eigenvalue weighted by atomic mass is 16.3. The summed E-state index contributed by atoms with van der Waals surface area (Å²) in [5.41, 5.74) is 1.82. The maximum Gasteiger partial charge on any atom is 0.168 e. The third-order valence-corrected chi connectivity index (χ3v) is 2.67. The monoisotopic (exact) mass is 206 g/mol. The van der Waals surface area contributed by atoms with Gasteiger partial charge in [-0.05, 0) is 12.8 Å². The zero-order valence-electron chi connectivity index (χ0n) is 9.53. The number of aliphatic hydroxyl groups excluding tert-OH is 1. The number of aliphatic hydroxyl groups is 1. The molecule has 2 nitrogen and oxygen atoms in total. The van der Waals surface area contributed by atoms with Crippen molar-refractivity contribution in [1.82, 2.24) is 0 Å². The quantitative estimate of drug-likeness (QED) is 0.768. The minimum absolute atomic E-state index is 0.0347. The number of aryl methyl sites for hydroxylation is 1. The Kier molecular flexibility index (Phi) is 4.04. The molecule has 1 aromatic carbocycles. The van der Waals surface area contributed by atoms with Crippen molar-refractivity contribution in [3.63, 3.8) is 0 Å². The lowest BCUT2D eigenvalue weighted by Crippen LogP contribution is -2.24. The molecule has 0 heterocycles. The summed E-state index contributed by atoms with van der Waals surface area (Å²) in [7, 11) is 0. The van der Waals surface area contributed by atoms with Gasteiger partial charge >= 0.3 is 0 Å². The number of carbonyl (C=O) groups is 1. The Hall–Kier alpha value is -1.15. The van der Waals surface area contributed by atoms with Crippen molar-refractivity contribution in [2.24, 2.45) is 11.8 Å². The first kappa shape index (κ1) is 11.9. The highest BCUT2D eigenvalue weighted by molar-refractivity contribution is 5.98. The zero-order valence-corrected chi connectivity index (χ0v) is 9.53. The summed E-state index contributed by atoms with van der Waals surface area (Å²) in [4.78, 5) is 12.0. The molecule has 82 valence electrons. The average Bonchev–Trinajstić information content (AvgIpc) is 2.19. The van der Waals surface area contributed by atoms with Crippen LogP contribution in [0.15, 0.2) is 24.3 Å². The molecule has 0 aliphatic heterocycles. The fourth-order valence-electron chi connectivity index (χ4n) is 1.53. The second-order valence-electron chi connectivity index (χ2n) is 4.26. The Bertz CT molecular complexity index is 325. The molecule has 0 aromatic heterocycles. The topological polar surface area (TPSA) is 37.3 Å². The van der Waals surface area contributed by atoms with E-state index in [-0.39, 0.29) is 24.2 Å². The zero-order chi connectivity index (χ0) is 11.4. The molecule has 1 rings (SSSR count). The summed E-state index contributed by atoms with van der Waals surface area (Å²) in [6.07, 6.45) is 0. The van der Waals surface area contributed by atoms with Gasteiger partial charge in [-0.2, -0.15) is 0 Å². The van der Waals surface area contributed by atoms with Gasteiger partial charge in [-0.1, -0.05) is 43.7 Å². The van der Waals surface area contributed by atoms with E-state index >= 15 is 0 Å². The highest BCUT2D eigenvalue weighted by Crippen LogP contribution is 2.17. The average molecular weight is 206 g/mol. The molecule has 15 heavy (non-hydrogen) atoms. The van der Waals surface area contributed by atoms with Gasteiger partial charge in [0, 0.05) is 11.5 Å². The predicted octanol–water partition coefficient (Wildman–Crippen LogP) is 2.44. The maximum atomic E-state index is 12.0. The van der Waals surface area contributed by atoms with Gasteiger partial charge in [0.25, 0.3) is 0 Å². The van der Waals surface area contributed by atoms with E-state index in [1.807, 2.05) is 45.0 Å². The van der Waals surface area contributed by atoms with Crippen molar-refractivity contribution in [2.75, 3.05) is 6.61 Å². The highest BCUT2D eigenvalue weighted by Gasteiger charge is 2.22. The minimum atomic E-state index is -0.285. The molecule has 0 bridgehead atoms. The van der Waals surface area contributed by atoms with Gasteiger partial charge in [0.2, 0.25) is 0 Å². The van der Waals surface area contributed by atoms with Crippen molar-refractivity contribution in [3.05, 3.63) is 35.4 Å². The molecule has 0 aliphatic rings. The molecule has 0 saturated carbocycles. The molecule has 0 amide bonds.